The van der Waals surface area contributed by atoms with E-state index in [0.29, 0.717) is 29.8 Å². The van der Waals surface area contributed by atoms with Gasteiger partial charge >= 0.3 is 0 Å². The van der Waals surface area contributed by atoms with Crippen LogP contribution >= 0.6 is 0 Å². The highest BCUT2D eigenvalue weighted by Crippen LogP contribution is 2.17. The van der Waals surface area contributed by atoms with Crippen LogP contribution in [0.1, 0.15) is 33.4 Å². The summed E-state index contributed by atoms with van der Waals surface area (Å²) in [6, 6.07) is 9.32. The minimum Gasteiger partial charge on any atom is -0.207 e. The lowest BCUT2D eigenvalue weighted by Gasteiger charge is -1.97. The summed E-state index contributed by atoms with van der Waals surface area (Å²) in [5.74, 6) is -17.7. The van der Waals surface area contributed by atoms with E-state index in [0.717, 1.165) is 48.5 Å². The normalized spacial score (nSPS) is 10.0. The predicted molar refractivity (Wildman–Crippen MR) is 186 cm³/mol. The topological polar surface area (TPSA) is 0 Å². The molecule has 0 N–H and O–H groups in total. The van der Waals surface area contributed by atoms with E-state index in [1.807, 2.05) is 0 Å². The minimum absolute atomic E-state index is 0.0162. The fourth-order valence-electron chi connectivity index (χ4n) is 3.86. The van der Waals surface area contributed by atoms with E-state index in [4.69, 9.17) is 0 Å². The van der Waals surface area contributed by atoms with Gasteiger partial charge in [-0.05, 0) is 107 Å². The van der Waals surface area contributed by atoms with Crippen molar-refractivity contribution in [3.05, 3.63) is 211 Å². The average Bonchev–Trinajstić information content (AvgIpc) is 3.17. The van der Waals surface area contributed by atoms with Crippen molar-refractivity contribution in [2.45, 2.75) is 41.5 Å². The molecule has 0 aliphatic carbocycles. The standard InChI is InChI=1S/6C7H5F3/c1-4-6(9)2-5(8)3-7(4)10;1-4-2-6(9)7(10)3-5(4)8;1-4-2-5(8)3-6(9)7(4)10;1-4-2-5(8)7(10)6(9)3-4;2*1-4-5(8)2-3-6(9)7(4)10/h6*2-3H,1H3. The highest BCUT2D eigenvalue weighted by molar-refractivity contribution is 5.22. The molecule has 6 rings (SSSR count). The second-order valence-electron chi connectivity index (χ2n) is 12.0. The quantitative estimate of drug-likeness (QED) is 0.0810. The van der Waals surface area contributed by atoms with Crippen molar-refractivity contribution in [2.24, 2.45) is 0 Å². The molecule has 0 spiro atoms. The van der Waals surface area contributed by atoms with Gasteiger partial charge in [-0.1, -0.05) is 0 Å². The highest BCUT2D eigenvalue weighted by atomic mass is 19.2. The van der Waals surface area contributed by atoms with Crippen molar-refractivity contribution in [3.63, 3.8) is 0 Å². The summed E-state index contributed by atoms with van der Waals surface area (Å²) < 4.78 is 221. The largest absolute Gasteiger partial charge is 0.207 e. The maximum absolute atomic E-state index is 12.4. The molecule has 18 heteroatoms. The highest BCUT2D eigenvalue weighted by Gasteiger charge is 2.11. The van der Waals surface area contributed by atoms with Crippen LogP contribution in [0.25, 0.3) is 0 Å². The summed E-state index contributed by atoms with van der Waals surface area (Å²) in [6.07, 6.45) is 0. The summed E-state index contributed by atoms with van der Waals surface area (Å²) in [5, 5.41) is 0. The maximum atomic E-state index is 12.4. The van der Waals surface area contributed by atoms with Crippen LogP contribution in [-0.2, 0) is 0 Å². The molecule has 0 aliphatic rings. The molecule has 6 aromatic rings. The van der Waals surface area contributed by atoms with Gasteiger partial charge in [-0.25, -0.2) is 79.0 Å². The van der Waals surface area contributed by atoms with E-state index in [2.05, 4.69) is 0 Å². The molecule has 6 aromatic carbocycles. The summed E-state index contributed by atoms with van der Waals surface area (Å²) >= 11 is 0. The molecular weight excluding hydrogens is 846 g/mol. The van der Waals surface area contributed by atoms with E-state index in [-0.39, 0.29) is 27.8 Å². The van der Waals surface area contributed by atoms with Crippen LogP contribution in [0.5, 0.6) is 0 Å². The van der Waals surface area contributed by atoms with Crippen molar-refractivity contribution in [1.29, 1.82) is 0 Å². The second kappa shape index (κ2) is 23.6. The molecule has 0 saturated heterocycles. The molecule has 0 amide bonds. The molecule has 0 fully saturated rings. The van der Waals surface area contributed by atoms with E-state index in [9.17, 15) is 79.0 Å². The van der Waals surface area contributed by atoms with Crippen molar-refractivity contribution >= 4 is 0 Å². The lowest BCUT2D eigenvalue weighted by Crippen LogP contribution is -1.91. The van der Waals surface area contributed by atoms with E-state index < -0.39 is 105 Å². The van der Waals surface area contributed by atoms with E-state index in [1.165, 1.54) is 41.5 Å². The third-order valence-corrected chi connectivity index (χ3v) is 7.30. The molecule has 0 aromatic heterocycles. The molecule has 324 valence electrons. The van der Waals surface area contributed by atoms with E-state index >= 15 is 0 Å². The fraction of sp³-hybridized carbons (Fsp3) is 0.143. The second-order valence-corrected chi connectivity index (χ2v) is 12.0. The zero-order valence-electron chi connectivity index (χ0n) is 31.7. The Morgan fingerprint density at radius 1 is 0.233 bits per heavy atom. The van der Waals surface area contributed by atoms with E-state index in [1.54, 1.807) is 0 Å². The van der Waals surface area contributed by atoms with Gasteiger partial charge in [0.1, 0.15) is 40.7 Å². The van der Waals surface area contributed by atoms with Crippen molar-refractivity contribution < 1.29 is 79.0 Å². The van der Waals surface area contributed by atoms with Crippen LogP contribution in [0.2, 0.25) is 0 Å². The fourth-order valence-corrected chi connectivity index (χ4v) is 3.86. The van der Waals surface area contributed by atoms with Gasteiger partial charge in [-0.2, -0.15) is 0 Å². The monoisotopic (exact) mass is 876 g/mol. The molecule has 0 nitrogen and oxygen atoms in total. The zero-order valence-corrected chi connectivity index (χ0v) is 31.7. The maximum Gasteiger partial charge on any atom is 0.194 e. The lowest BCUT2D eigenvalue weighted by atomic mass is 10.2. The Morgan fingerprint density at radius 3 is 0.967 bits per heavy atom. The number of aryl methyl sites for hydroxylation is 3. The zero-order chi connectivity index (χ0) is 46.3. The van der Waals surface area contributed by atoms with Gasteiger partial charge in [-0.15, -0.1) is 0 Å². The van der Waals surface area contributed by atoms with Crippen molar-refractivity contribution in [1.82, 2.24) is 0 Å². The Morgan fingerprint density at radius 2 is 0.583 bits per heavy atom. The molecule has 0 heterocycles. The van der Waals surface area contributed by atoms with Crippen LogP contribution in [0.4, 0.5) is 79.0 Å². The average molecular weight is 877 g/mol. The Labute approximate surface area is 331 Å². The van der Waals surface area contributed by atoms with Gasteiger partial charge in [0, 0.05) is 41.0 Å². The van der Waals surface area contributed by atoms with Gasteiger partial charge in [0.05, 0.1) is 0 Å². The molecule has 60 heavy (non-hydrogen) atoms. The number of hydrogen-bond acceptors (Lipinski definition) is 0. The molecule has 0 bridgehead atoms. The first-order chi connectivity index (χ1) is 27.7. The van der Waals surface area contributed by atoms with Gasteiger partial charge in [0.15, 0.2) is 64.0 Å². The summed E-state index contributed by atoms with van der Waals surface area (Å²) in [7, 11) is 0. The Hall–Kier alpha value is -5.94. The van der Waals surface area contributed by atoms with Crippen LogP contribution in [0.15, 0.2) is 72.8 Å². The van der Waals surface area contributed by atoms with Crippen LogP contribution in [0, 0.1) is 146 Å². The molecule has 0 radical (unpaired) electrons. The molecule has 0 atom stereocenters. The Balaban J connectivity index is 0.000000360. The van der Waals surface area contributed by atoms with Gasteiger partial charge < -0.3 is 0 Å². The predicted octanol–water partition coefficient (Wildman–Crippen LogP) is 14.5. The Kier molecular flexibility index (Phi) is 20.5. The number of rotatable bonds is 0. The van der Waals surface area contributed by atoms with Gasteiger partial charge in [0.2, 0.25) is 0 Å². The molecule has 0 saturated carbocycles. The van der Waals surface area contributed by atoms with Crippen LogP contribution in [0.3, 0.4) is 0 Å². The summed E-state index contributed by atoms with van der Waals surface area (Å²) in [4.78, 5) is 0. The van der Waals surface area contributed by atoms with Crippen molar-refractivity contribution in [3.8, 4) is 0 Å². The summed E-state index contributed by atoms with van der Waals surface area (Å²) in [5.41, 5.74) is -0.241. The summed E-state index contributed by atoms with van der Waals surface area (Å²) in [6.45, 7) is 7.80. The lowest BCUT2D eigenvalue weighted by molar-refractivity contribution is 0.446. The third-order valence-electron chi connectivity index (χ3n) is 7.30. The number of halogens is 18. The first-order valence-electron chi connectivity index (χ1n) is 16.3. The number of benzene rings is 6. The smallest absolute Gasteiger partial charge is 0.194 e. The SMILES string of the molecule is Cc1c(F)cc(F)cc1F.Cc1c(F)ccc(F)c1F.Cc1c(F)ccc(F)c1F.Cc1cc(F)c(F)c(F)c1.Cc1cc(F)c(F)cc1F.Cc1cc(F)cc(F)c1F. The molecule has 0 aliphatic heterocycles. The molecule has 0 unspecified atom stereocenters. The van der Waals surface area contributed by atoms with Gasteiger partial charge in [0.25, 0.3) is 0 Å². The molecular formula is C42H30F18. The third kappa shape index (κ3) is 16.0. The van der Waals surface area contributed by atoms with Crippen LogP contribution < -0.4 is 0 Å². The first-order valence-corrected chi connectivity index (χ1v) is 16.3. The number of hydrogen-bond donors (Lipinski definition) is 0. The minimum atomic E-state index is -1.41. The Bertz CT molecular complexity index is 2030. The van der Waals surface area contributed by atoms with Crippen LogP contribution in [-0.4, -0.2) is 0 Å². The van der Waals surface area contributed by atoms with Gasteiger partial charge in [-0.3, -0.25) is 0 Å². The van der Waals surface area contributed by atoms with Crippen molar-refractivity contribution in [2.75, 3.05) is 0 Å². The first kappa shape index (κ1) is 52.1.